The standard InChI is InChI=1S/C19H18Br2N2O2/c1-11-6-15(21)7-12(2)18(11)22-19(25)13-8-17(24)23(10-13)16-5-3-4-14(20)9-16/h3-7,9,13H,8,10H2,1-2H3,(H,22,25). The van der Waals surface area contributed by atoms with Gasteiger partial charge in [-0.05, 0) is 55.3 Å². The monoisotopic (exact) mass is 464 g/mol. The predicted molar refractivity (Wildman–Crippen MR) is 107 cm³/mol. The summed E-state index contributed by atoms with van der Waals surface area (Å²) in [6, 6.07) is 11.5. The van der Waals surface area contributed by atoms with Crippen LogP contribution in [0.1, 0.15) is 17.5 Å². The minimum absolute atomic E-state index is 0.0255. The number of benzene rings is 2. The summed E-state index contributed by atoms with van der Waals surface area (Å²) in [5.41, 5.74) is 3.62. The molecule has 0 aliphatic carbocycles. The van der Waals surface area contributed by atoms with Crippen LogP contribution in [-0.4, -0.2) is 18.4 Å². The molecule has 2 aromatic rings. The van der Waals surface area contributed by atoms with Crippen LogP contribution in [0.4, 0.5) is 11.4 Å². The fourth-order valence-electron chi connectivity index (χ4n) is 3.11. The van der Waals surface area contributed by atoms with Crippen molar-refractivity contribution in [1.82, 2.24) is 0 Å². The molecule has 0 radical (unpaired) electrons. The Balaban J connectivity index is 1.75. The Labute approximate surface area is 163 Å². The number of carbonyl (C=O) groups is 2. The van der Waals surface area contributed by atoms with Crippen LogP contribution in [-0.2, 0) is 9.59 Å². The molecule has 1 aliphatic rings. The lowest BCUT2D eigenvalue weighted by atomic mass is 10.1. The van der Waals surface area contributed by atoms with E-state index in [4.69, 9.17) is 0 Å². The molecule has 3 rings (SSSR count). The first kappa shape index (κ1) is 18.1. The molecule has 25 heavy (non-hydrogen) atoms. The van der Waals surface area contributed by atoms with E-state index in [2.05, 4.69) is 37.2 Å². The van der Waals surface area contributed by atoms with E-state index in [1.54, 1.807) is 4.90 Å². The Morgan fingerprint density at radius 2 is 1.80 bits per heavy atom. The SMILES string of the molecule is Cc1cc(Br)cc(C)c1NC(=O)C1CC(=O)N(c2cccc(Br)c2)C1. The number of nitrogens with zero attached hydrogens (tertiary/aromatic N) is 1. The van der Waals surface area contributed by atoms with Crippen molar-refractivity contribution in [3.63, 3.8) is 0 Å². The normalized spacial score (nSPS) is 17.0. The quantitative estimate of drug-likeness (QED) is 0.706. The maximum absolute atomic E-state index is 12.7. The van der Waals surface area contributed by atoms with Gasteiger partial charge >= 0.3 is 0 Å². The number of carbonyl (C=O) groups excluding carboxylic acids is 2. The van der Waals surface area contributed by atoms with Crippen LogP contribution in [0, 0.1) is 19.8 Å². The van der Waals surface area contributed by atoms with E-state index in [-0.39, 0.29) is 24.2 Å². The molecule has 1 heterocycles. The van der Waals surface area contributed by atoms with Crippen molar-refractivity contribution in [3.8, 4) is 0 Å². The lowest BCUT2D eigenvalue weighted by Crippen LogP contribution is -2.28. The van der Waals surface area contributed by atoms with Crippen molar-refractivity contribution in [1.29, 1.82) is 0 Å². The summed E-state index contributed by atoms with van der Waals surface area (Å²) < 4.78 is 1.89. The Bertz CT molecular complexity index is 828. The van der Waals surface area contributed by atoms with Gasteiger partial charge in [0.1, 0.15) is 0 Å². The minimum Gasteiger partial charge on any atom is -0.325 e. The lowest BCUT2D eigenvalue weighted by Gasteiger charge is -2.18. The Morgan fingerprint density at radius 3 is 2.44 bits per heavy atom. The van der Waals surface area contributed by atoms with Gasteiger partial charge in [-0.15, -0.1) is 0 Å². The topological polar surface area (TPSA) is 49.4 Å². The number of hydrogen-bond donors (Lipinski definition) is 1. The summed E-state index contributed by atoms with van der Waals surface area (Å²) >= 11 is 6.88. The molecule has 0 aromatic heterocycles. The fourth-order valence-corrected chi connectivity index (χ4v) is 4.18. The zero-order valence-electron chi connectivity index (χ0n) is 14.0. The molecule has 0 spiro atoms. The fraction of sp³-hybridized carbons (Fsp3) is 0.263. The Morgan fingerprint density at radius 1 is 1.12 bits per heavy atom. The molecule has 4 nitrogen and oxygen atoms in total. The van der Waals surface area contributed by atoms with Gasteiger partial charge in [0.2, 0.25) is 11.8 Å². The van der Waals surface area contributed by atoms with Gasteiger partial charge in [0.25, 0.3) is 0 Å². The van der Waals surface area contributed by atoms with E-state index in [0.29, 0.717) is 6.54 Å². The third-order valence-electron chi connectivity index (χ3n) is 4.36. The van der Waals surface area contributed by atoms with Gasteiger partial charge in [0.15, 0.2) is 0 Å². The minimum atomic E-state index is -0.353. The number of hydrogen-bond acceptors (Lipinski definition) is 2. The smallest absolute Gasteiger partial charge is 0.229 e. The number of anilines is 2. The molecular weight excluding hydrogens is 448 g/mol. The van der Waals surface area contributed by atoms with E-state index >= 15 is 0 Å². The number of nitrogens with one attached hydrogen (secondary N) is 1. The summed E-state index contributed by atoms with van der Waals surface area (Å²) in [6.07, 6.45) is 0.229. The molecule has 1 atom stereocenters. The maximum Gasteiger partial charge on any atom is 0.229 e. The van der Waals surface area contributed by atoms with Crippen molar-refractivity contribution in [2.45, 2.75) is 20.3 Å². The number of amides is 2. The van der Waals surface area contributed by atoms with Crippen molar-refractivity contribution in [2.24, 2.45) is 5.92 Å². The highest BCUT2D eigenvalue weighted by Crippen LogP contribution is 2.30. The highest BCUT2D eigenvalue weighted by atomic mass is 79.9. The highest BCUT2D eigenvalue weighted by molar-refractivity contribution is 9.10. The van der Waals surface area contributed by atoms with Crippen LogP contribution < -0.4 is 10.2 Å². The third-order valence-corrected chi connectivity index (χ3v) is 5.31. The number of halogens is 2. The van der Waals surface area contributed by atoms with E-state index in [1.807, 2.05) is 50.2 Å². The largest absolute Gasteiger partial charge is 0.325 e. The van der Waals surface area contributed by atoms with E-state index in [9.17, 15) is 9.59 Å². The van der Waals surface area contributed by atoms with Gasteiger partial charge in [-0.3, -0.25) is 9.59 Å². The molecule has 1 saturated heterocycles. The van der Waals surface area contributed by atoms with Crippen LogP contribution in [0.5, 0.6) is 0 Å². The average Bonchev–Trinajstić information content (AvgIpc) is 2.92. The van der Waals surface area contributed by atoms with Gasteiger partial charge < -0.3 is 10.2 Å². The zero-order chi connectivity index (χ0) is 18.1. The second kappa shape index (κ2) is 7.30. The van der Waals surface area contributed by atoms with Crippen LogP contribution >= 0.6 is 31.9 Å². The first-order valence-electron chi connectivity index (χ1n) is 7.98. The average molecular weight is 466 g/mol. The molecule has 0 bridgehead atoms. The van der Waals surface area contributed by atoms with Gasteiger partial charge in [0.05, 0.1) is 5.92 Å². The third kappa shape index (κ3) is 3.96. The Kier molecular flexibility index (Phi) is 5.29. The van der Waals surface area contributed by atoms with Crippen molar-refractivity contribution < 1.29 is 9.59 Å². The highest BCUT2D eigenvalue weighted by Gasteiger charge is 2.35. The summed E-state index contributed by atoms with van der Waals surface area (Å²) in [5.74, 6) is -0.490. The summed E-state index contributed by atoms with van der Waals surface area (Å²) in [7, 11) is 0. The maximum atomic E-state index is 12.7. The molecule has 1 aliphatic heterocycles. The van der Waals surface area contributed by atoms with Crippen LogP contribution in [0.15, 0.2) is 45.3 Å². The van der Waals surface area contributed by atoms with E-state index in [0.717, 1.165) is 31.4 Å². The van der Waals surface area contributed by atoms with E-state index in [1.165, 1.54) is 0 Å². The van der Waals surface area contributed by atoms with Gasteiger partial charge in [-0.25, -0.2) is 0 Å². The van der Waals surface area contributed by atoms with Gasteiger partial charge in [0, 0.05) is 33.3 Å². The second-order valence-corrected chi connectivity index (χ2v) is 8.12. The van der Waals surface area contributed by atoms with Crippen LogP contribution in [0.3, 0.4) is 0 Å². The van der Waals surface area contributed by atoms with Crippen LogP contribution in [0.25, 0.3) is 0 Å². The molecule has 1 fully saturated rings. The first-order valence-corrected chi connectivity index (χ1v) is 9.57. The van der Waals surface area contributed by atoms with Gasteiger partial charge in [-0.2, -0.15) is 0 Å². The van der Waals surface area contributed by atoms with Gasteiger partial charge in [-0.1, -0.05) is 37.9 Å². The number of aryl methyl sites for hydroxylation is 2. The molecule has 0 saturated carbocycles. The molecule has 2 amide bonds. The van der Waals surface area contributed by atoms with Crippen LogP contribution in [0.2, 0.25) is 0 Å². The van der Waals surface area contributed by atoms with Crippen molar-refractivity contribution >= 4 is 55.0 Å². The summed E-state index contributed by atoms with van der Waals surface area (Å²) in [4.78, 5) is 26.7. The van der Waals surface area contributed by atoms with E-state index < -0.39 is 0 Å². The van der Waals surface area contributed by atoms with Crippen molar-refractivity contribution in [3.05, 3.63) is 56.5 Å². The molecule has 6 heteroatoms. The molecule has 1 N–H and O–H groups in total. The molecule has 2 aromatic carbocycles. The predicted octanol–water partition coefficient (Wildman–Crippen LogP) is 4.82. The molecule has 130 valence electrons. The summed E-state index contributed by atoms with van der Waals surface area (Å²) in [6.45, 7) is 4.32. The second-order valence-electron chi connectivity index (χ2n) is 6.29. The zero-order valence-corrected chi connectivity index (χ0v) is 17.1. The first-order chi connectivity index (χ1) is 11.8. The van der Waals surface area contributed by atoms with Crippen molar-refractivity contribution in [2.75, 3.05) is 16.8 Å². The molecule has 1 unspecified atom stereocenters. The number of rotatable bonds is 3. The lowest BCUT2D eigenvalue weighted by molar-refractivity contribution is -0.122. The molecular formula is C19H18Br2N2O2. The Hall–Kier alpha value is -1.66. The summed E-state index contributed by atoms with van der Waals surface area (Å²) in [5, 5.41) is 3.00.